The number of rotatable bonds is 17. The molecule has 0 unspecified atom stereocenters. The molecule has 162 valence electrons. The van der Waals surface area contributed by atoms with Gasteiger partial charge in [0.1, 0.15) is 0 Å². The average Bonchev–Trinajstić information content (AvgIpc) is 2.65. The summed E-state index contributed by atoms with van der Waals surface area (Å²) in [5.74, 6) is 0. The SMILES string of the molecule is C.CC.CC.CCCOCCCCOCNCCCCCCCCN.[HH].[HH]. The minimum absolute atomic E-state index is 0. The van der Waals surface area contributed by atoms with Gasteiger partial charge in [0, 0.05) is 22.7 Å². The van der Waals surface area contributed by atoms with Gasteiger partial charge < -0.3 is 15.2 Å². The number of hydrogen-bond acceptors (Lipinski definition) is 4. The molecule has 4 heteroatoms. The summed E-state index contributed by atoms with van der Waals surface area (Å²) in [6, 6.07) is 0. The van der Waals surface area contributed by atoms with Crippen LogP contribution < -0.4 is 11.1 Å². The summed E-state index contributed by atoms with van der Waals surface area (Å²) < 4.78 is 10.9. The molecule has 0 fully saturated rings. The van der Waals surface area contributed by atoms with Crippen LogP contribution >= 0.6 is 0 Å². The van der Waals surface area contributed by atoms with Crippen molar-refractivity contribution >= 4 is 0 Å². The number of unbranched alkanes of at least 4 members (excludes halogenated alkanes) is 6. The van der Waals surface area contributed by atoms with E-state index in [9.17, 15) is 0 Å². The Bertz CT molecular complexity index is 162. The monoisotopic (exact) mass is 368 g/mol. The van der Waals surface area contributed by atoms with Crippen molar-refractivity contribution < 1.29 is 12.3 Å². The highest BCUT2D eigenvalue weighted by Crippen LogP contribution is 2.03. The molecule has 0 saturated carbocycles. The fraction of sp³-hybridized carbons (Fsp3) is 1.00. The van der Waals surface area contributed by atoms with Gasteiger partial charge in [-0.1, -0.05) is 67.7 Å². The highest BCUT2D eigenvalue weighted by molar-refractivity contribution is 4.48. The molecular weight excluding hydrogens is 312 g/mol. The lowest BCUT2D eigenvalue weighted by Gasteiger charge is -2.07. The van der Waals surface area contributed by atoms with Gasteiger partial charge in [-0.15, -0.1) is 0 Å². The Balaban J connectivity index is -0.000000147. The molecule has 0 heterocycles. The van der Waals surface area contributed by atoms with Gasteiger partial charge >= 0.3 is 0 Å². The molecule has 0 aliphatic rings. The van der Waals surface area contributed by atoms with Gasteiger partial charge in [0.25, 0.3) is 0 Å². The summed E-state index contributed by atoms with van der Waals surface area (Å²) in [7, 11) is 0. The van der Waals surface area contributed by atoms with Crippen molar-refractivity contribution in [1.29, 1.82) is 0 Å². The van der Waals surface area contributed by atoms with Crippen LogP contribution in [0.2, 0.25) is 0 Å². The second-order valence-corrected chi connectivity index (χ2v) is 5.28. The molecule has 0 rings (SSSR count). The maximum atomic E-state index is 5.52. The van der Waals surface area contributed by atoms with Crippen molar-refractivity contribution in [2.75, 3.05) is 39.6 Å². The van der Waals surface area contributed by atoms with Gasteiger partial charge in [-0.05, 0) is 45.2 Å². The average molecular weight is 369 g/mol. The fourth-order valence-corrected chi connectivity index (χ4v) is 1.97. The Morgan fingerprint density at radius 3 is 1.80 bits per heavy atom. The highest BCUT2D eigenvalue weighted by atomic mass is 16.5. The van der Waals surface area contributed by atoms with Crippen LogP contribution in [0.5, 0.6) is 0 Å². The van der Waals surface area contributed by atoms with Gasteiger partial charge in [0.15, 0.2) is 0 Å². The lowest BCUT2D eigenvalue weighted by molar-refractivity contribution is 0.0940. The predicted octanol–water partition coefficient (Wildman–Crippen LogP) is 6.24. The molecular formula is C21H56N2O2. The molecule has 0 aromatic rings. The van der Waals surface area contributed by atoms with Crippen LogP contribution in [0.4, 0.5) is 0 Å². The summed E-state index contributed by atoms with van der Waals surface area (Å²) in [6.45, 7) is 15.3. The van der Waals surface area contributed by atoms with Crippen molar-refractivity contribution in [1.82, 2.24) is 5.32 Å². The number of nitrogens with two attached hydrogens (primary N) is 1. The topological polar surface area (TPSA) is 56.5 Å². The molecule has 0 amide bonds. The number of ether oxygens (including phenoxy) is 2. The second-order valence-electron chi connectivity index (χ2n) is 5.28. The van der Waals surface area contributed by atoms with Gasteiger partial charge in [-0.25, -0.2) is 0 Å². The molecule has 0 aliphatic heterocycles. The third-order valence-corrected chi connectivity index (χ3v) is 3.19. The van der Waals surface area contributed by atoms with E-state index in [2.05, 4.69) is 12.2 Å². The van der Waals surface area contributed by atoms with Gasteiger partial charge in [0.2, 0.25) is 0 Å². The molecule has 0 bridgehead atoms. The van der Waals surface area contributed by atoms with Crippen LogP contribution in [0, 0.1) is 0 Å². The zero-order valence-corrected chi connectivity index (χ0v) is 17.5. The maximum absolute atomic E-state index is 5.52. The van der Waals surface area contributed by atoms with Crippen molar-refractivity contribution in [3.05, 3.63) is 0 Å². The van der Waals surface area contributed by atoms with Crippen molar-refractivity contribution in [3.8, 4) is 0 Å². The molecule has 0 radical (unpaired) electrons. The molecule has 0 atom stereocenters. The van der Waals surface area contributed by atoms with Crippen molar-refractivity contribution in [2.45, 2.75) is 99.8 Å². The summed E-state index contributed by atoms with van der Waals surface area (Å²) in [6.07, 6.45) is 11.0. The quantitative estimate of drug-likeness (QED) is 0.236. The van der Waals surface area contributed by atoms with Crippen molar-refractivity contribution in [2.24, 2.45) is 5.73 Å². The third kappa shape index (κ3) is 40.1. The Hall–Kier alpha value is -0.160. The summed E-state index contributed by atoms with van der Waals surface area (Å²) in [4.78, 5) is 0. The first-order chi connectivity index (χ1) is 11.9. The smallest absolute Gasteiger partial charge is 0.0965 e. The minimum atomic E-state index is 0. The fourth-order valence-electron chi connectivity index (χ4n) is 1.97. The van der Waals surface area contributed by atoms with Gasteiger partial charge in [-0.3, -0.25) is 5.32 Å². The molecule has 3 N–H and O–H groups in total. The molecule has 0 aromatic carbocycles. The first kappa shape index (κ1) is 32.5. The van der Waals surface area contributed by atoms with Crippen LogP contribution in [-0.4, -0.2) is 39.6 Å². The normalized spacial score (nSPS) is 9.36. The van der Waals surface area contributed by atoms with Crippen LogP contribution in [0.3, 0.4) is 0 Å². The molecule has 0 aromatic heterocycles. The number of hydrogen-bond donors (Lipinski definition) is 2. The van der Waals surface area contributed by atoms with E-state index < -0.39 is 0 Å². The summed E-state index contributed by atoms with van der Waals surface area (Å²) in [5.41, 5.74) is 5.46. The molecule has 0 saturated heterocycles. The van der Waals surface area contributed by atoms with E-state index in [0.29, 0.717) is 6.73 Å². The van der Waals surface area contributed by atoms with Crippen molar-refractivity contribution in [3.63, 3.8) is 0 Å². The Morgan fingerprint density at radius 1 is 0.720 bits per heavy atom. The first-order valence-corrected chi connectivity index (χ1v) is 10.5. The zero-order valence-electron chi connectivity index (χ0n) is 17.5. The van der Waals surface area contributed by atoms with E-state index in [1.807, 2.05) is 27.7 Å². The minimum Gasteiger partial charge on any atom is -0.381 e. The van der Waals surface area contributed by atoms with E-state index in [1.165, 1.54) is 38.5 Å². The van der Waals surface area contributed by atoms with E-state index in [-0.39, 0.29) is 10.3 Å². The maximum Gasteiger partial charge on any atom is 0.0965 e. The third-order valence-electron chi connectivity index (χ3n) is 3.19. The Labute approximate surface area is 163 Å². The number of nitrogens with one attached hydrogen (secondary N) is 1. The van der Waals surface area contributed by atoms with Crippen LogP contribution in [0.1, 0.15) is 103 Å². The molecule has 25 heavy (non-hydrogen) atoms. The molecule has 4 nitrogen and oxygen atoms in total. The summed E-state index contributed by atoms with van der Waals surface area (Å²) in [5, 5.41) is 3.33. The largest absolute Gasteiger partial charge is 0.381 e. The Morgan fingerprint density at radius 2 is 1.24 bits per heavy atom. The summed E-state index contributed by atoms with van der Waals surface area (Å²) >= 11 is 0. The lowest BCUT2D eigenvalue weighted by atomic mass is 10.1. The molecule has 0 spiro atoms. The van der Waals surface area contributed by atoms with E-state index in [4.69, 9.17) is 15.2 Å². The van der Waals surface area contributed by atoms with Gasteiger partial charge in [-0.2, -0.15) is 0 Å². The predicted molar refractivity (Wildman–Crippen MR) is 120 cm³/mol. The van der Waals surface area contributed by atoms with Crippen LogP contribution in [-0.2, 0) is 9.47 Å². The lowest BCUT2D eigenvalue weighted by Crippen LogP contribution is -2.19. The first-order valence-electron chi connectivity index (χ1n) is 10.5. The van der Waals surface area contributed by atoms with Crippen LogP contribution in [0.15, 0.2) is 0 Å². The van der Waals surface area contributed by atoms with E-state index in [0.717, 1.165) is 52.2 Å². The second kappa shape index (κ2) is 39.1. The van der Waals surface area contributed by atoms with E-state index in [1.54, 1.807) is 0 Å². The molecule has 0 aliphatic carbocycles. The zero-order chi connectivity index (χ0) is 18.7. The Kier molecular flexibility index (Phi) is 50.8. The standard InChI is InChI=1S/C16H36N2O2.2C2H6.CH4.2H2/c1-2-13-19-14-9-10-15-20-16-18-12-8-6-4-3-5-7-11-17;2*1-2;;;/h18H,2-17H2,1H3;2*1-2H3;1H4;2*1H. The van der Waals surface area contributed by atoms with Gasteiger partial charge in [0.05, 0.1) is 6.73 Å². The van der Waals surface area contributed by atoms with Crippen LogP contribution in [0.25, 0.3) is 0 Å². The highest BCUT2D eigenvalue weighted by Gasteiger charge is 1.92. The van der Waals surface area contributed by atoms with E-state index >= 15 is 0 Å².